The Kier molecular flexibility index (Phi) is 4.74. The molecule has 1 aliphatic heterocycles. The molecule has 1 saturated carbocycles. The molecule has 2 nitrogen and oxygen atoms in total. The number of benzene rings is 1. The zero-order valence-electron chi connectivity index (χ0n) is 12.9. The molecule has 2 aliphatic rings. The van der Waals surface area contributed by atoms with Crippen LogP contribution in [0.25, 0.3) is 0 Å². The number of nitrogens with zero attached hydrogens (tertiary/aromatic N) is 2. The molecule has 1 heterocycles. The molecule has 110 valence electrons. The van der Waals surface area contributed by atoms with Crippen LogP contribution in [0, 0.1) is 6.92 Å². The first kappa shape index (κ1) is 14.1. The van der Waals surface area contributed by atoms with E-state index in [9.17, 15) is 0 Å². The first-order chi connectivity index (χ1) is 9.81. The minimum Gasteiger partial charge on any atom is -0.298 e. The summed E-state index contributed by atoms with van der Waals surface area (Å²) in [5.41, 5.74) is 2.82. The highest BCUT2D eigenvalue weighted by Crippen LogP contribution is 2.23. The van der Waals surface area contributed by atoms with Gasteiger partial charge in [-0.3, -0.25) is 9.80 Å². The van der Waals surface area contributed by atoms with E-state index in [0.717, 1.165) is 12.6 Å². The second-order valence-corrected chi connectivity index (χ2v) is 6.59. The molecule has 1 aliphatic carbocycles. The molecule has 0 radical (unpaired) electrons. The SMILES string of the molecule is Cc1ccc(CN2CCN(C3CCCCC3)CC2)cc1. The van der Waals surface area contributed by atoms with Gasteiger partial charge in [0.2, 0.25) is 0 Å². The Hall–Kier alpha value is -0.860. The van der Waals surface area contributed by atoms with E-state index in [-0.39, 0.29) is 0 Å². The molecular weight excluding hydrogens is 244 g/mol. The van der Waals surface area contributed by atoms with Gasteiger partial charge in [0.05, 0.1) is 0 Å². The van der Waals surface area contributed by atoms with Gasteiger partial charge in [0.25, 0.3) is 0 Å². The lowest BCUT2D eigenvalue weighted by Crippen LogP contribution is -2.50. The monoisotopic (exact) mass is 272 g/mol. The molecule has 1 saturated heterocycles. The van der Waals surface area contributed by atoms with Gasteiger partial charge >= 0.3 is 0 Å². The fourth-order valence-corrected chi connectivity index (χ4v) is 3.68. The molecule has 20 heavy (non-hydrogen) atoms. The minimum atomic E-state index is 0.894. The van der Waals surface area contributed by atoms with E-state index in [1.54, 1.807) is 0 Å². The normalized spacial score (nSPS) is 23.1. The first-order valence-corrected chi connectivity index (χ1v) is 8.33. The summed E-state index contributed by atoms with van der Waals surface area (Å²) < 4.78 is 0. The van der Waals surface area contributed by atoms with Gasteiger partial charge < -0.3 is 0 Å². The van der Waals surface area contributed by atoms with Crippen molar-refractivity contribution in [1.82, 2.24) is 9.80 Å². The summed E-state index contributed by atoms with van der Waals surface area (Å²) >= 11 is 0. The van der Waals surface area contributed by atoms with Gasteiger partial charge in [0.1, 0.15) is 0 Å². The Morgan fingerprint density at radius 1 is 0.900 bits per heavy atom. The standard InChI is InChI=1S/C18H28N2/c1-16-7-9-17(10-8-16)15-19-11-13-20(14-12-19)18-5-3-2-4-6-18/h7-10,18H,2-6,11-15H2,1H3. The van der Waals surface area contributed by atoms with E-state index >= 15 is 0 Å². The Bertz CT molecular complexity index is 398. The maximum absolute atomic E-state index is 2.75. The first-order valence-electron chi connectivity index (χ1n) is 8.33. The summed E-state index contributed by atoms with van der Waals surface area (Å²) in [7, 11) is 0. The Morgan fingerprint density at radius 2 is 1.55 bits per heavy atom. The average molecular weight is 272 g/mol. The molecule has 0 aromatic heterocycles. The lowest BCUT2D eigenvalue weighted by Gasteiger charge is -2.40. The van der Waals surface area contributed by atoms with Crippen LogP contribution in [0.2, 0.25) is 0 Å². The lowest BCUT2D eigenvalue weighted by molar-refractivity contribution is 0.0755. The van der Waals surface area contributed by atoms with Gasteiger partial charge in [0, 0.05) is 38.8 Å². The van der Waals surface area contributed by atoms with Gasteiger partial charge in [-0.2, -0.15) is 0 Å². The summed E-state index contributed by atoms with van der Waals surface area (Å²) in [5, 5.41) is 0. The molecule has 0 N–H and O–H groups in total. The van der Waals surface area contributed by atoms with E-state index in [1.165, 1.54) is 69.4 Å². The molecule has 0 bridgehead atoms. The van der Waals surface area contributed by atoms with Crippen molar-refractivity contribution in [2.45, 2.75) is 51.6 Å². The highest BCUT2D eigenvalue weighted by Gasteiger charge is 2.24. The Morgan fingerprint density at radius 3 is 2.20 bits per heavy atom. The predicted octanol–water partition coefficient (Wildman–Crippen LogP) is 3.45. The quantitative estimate of drug-likeness (QED) is 0.831. The van der Waals surface area contributed by atoms with Crippen LogP contribution < -0.4 is 0 Å². The Labute approximate surface area is 123 Å². The van der Waals surface area contributed by atoms with Gasteiger partial charge in [-0.15, -0.1) is 0 Å². The topological polar surface area (TPSA) is 6.48 Å². The molecule has 1 aromatic rings. The number of hydrogen-bond donors (Lipinski definition) is 0. The molecule has 0 amide bonds. The summed E-state index contributed by atoms with van der Waals surface area (Å²) in [5.74, 6) is 0. The molecule has 2 fully saturated rings. The fourth-order valence-electron chi connectivity index (χ4n) is 3.68. The summed E-state index contributed by atoms with van der Waals surface area (Å²) in [6.45, 7) is 8.31. The van der Waals surface area contributed by atoms with E-state index in [2.05, 4.69) is 41.0 Å². The maximum Gasteiger partial charge on any atom is 0.0234 e. The smallest absolute Gasteiger partial charge is 0.0234 e. The van der Waals surface area contributed by atoms with Crippen LogP contribution in [0.15, 0.2) is 24.3 Å². The van der Waals surface area contributed by atoms with Crippen molar-refractivity contribution in [3.8, 4) is 0 Å². The minimum absolute atomic E-state index is 0.894. The van der Waals surface area contributed by atoms with Crippen molar-refractivity contribution in [2.75, 3.05) is 26.2 Å². The molecular formula is C18H28N2. The third kappa shape index (κ3) is 3.62. The van der Waals surface area contributed by atoms with Crippen molar-refractivity contribution >= 4 is 0 Å². The number of aryl methyl sites for hydroxylation is 1. The molecule has 0 unspecified atom stereocenters. The maximum atomic E-state index is 2.75. The van der Waals surface area contributed by atoms with Gasteiger partial charge in [-0.25, -0.2) is 0 Å². The lowest BCUT2D eigenvalue weighted by atomic mass is 9.94. The van der Waals surface area contributed by atoms with Crippen molar-refractivity contribution in [3.05, 3.63) is 35.4 Å². The predicted molar refractivity (Wildman–Crippen MR) is 84.9 cm³/mol. The summed E-state index contributed by atoms with van der Waals surface area (Å²) in [6, 6.07) is 9.91. The second-order valence-electron chi connectivity index (χ2n) is 6.59. The average Bonchev–Trinajstić information content (AvgIpc) is 2.51. The summed E-state index contributed by atoms with van der Waals surface area (Å²) in [6.07, 6.45) is 7.25. The van der Waals surface area contributed by atoms with E-state index < -0.39 is 0 Å². The highest BCUT2D eigenvalue weighted by molar-refractivity contribution is 5.21. The van der Waals surface area contributed by atoms with E-state index in [1.807, 2.05) is 0 Å². The van der Waals surface area contributed by atoms with Crippen LogP contribution >= 0.6 is 0 Å². The zero-order chi connectivity index (χ0) is 13.8. The second kappa shape index (κ2) is 6.73. The third-order valence-corrected chi connectivity index (χ3v) is 5.02. The van der Waals surface area contributed by atoms with Crippen LogP contribution in [0.3, 0.4) is 0 Å². The van der Waals surface area contributed by atoms with E-state index in [4.69, 9.17) is 0 Å². The van der Waals surface area contributed by atoms with Crippen LogP contribution in [0.1, 0.15) is 43.2 Å². The molecule has 1 aromatic carbocycles. The van der Waals surface area contributed by atoms with Crippen LogP contribution in [0.5, 0.6) is 0 Å². The van der Waals surface area contributed by atoms with E-state index in [0.29, 0.717) is 0 Å². The van der Waals surface area contributed by atoms with Gasteiger partial charge in [0.15, 0.2) is 0 Å². The number of hydrogen-bond acceptors (Lipinski definition) is 2. The molecule has 0 atom stereocenters. The molecule has 2 heteroatoms. The fraction of sp³-hybridized carbons (Fsp3) is 0.667. The van der Waals surface area contributed by atoms with Crippen LogP contribution in [0.4, 0.5) is 0 Å². The Balaban J connectivity index is 1.47. The van der Waals surface area contributed by atoms with Crippen molar-refractivity contribution < 1.29 is 0 Å². The third-order valence-electron chi connectivity index (χ3n) is 5.02. The van der Waals surface area contributed by atoms with Gasteiger partial charge in [-0.05, 0) is 25.3 Å². The van der Waals surface area contributed by atoms with Crippen molar-refractivity contribution in [2.24, 2.45) is 0 Å². The number of piperazine rings is 1. The van der Waals surface area contributed by atoms with Gasteiger partial charge in [-0.1, -0.05) is 49.1 Å². The number of rotatable bonds is 3. The van der Waals surface area contributed by atoms with Crippen LogP contribution in [-0.2, 0) is 6.54 Å². The zero-order valence-corrected chi connectivity index (χ0v) is 12.9. The van der Waals surface area contributed by atoms with Crippen LogP contribution in [-0.4, -0.2) is 42.0 Å². The highest BCUT2D eigenvalue weighted by atomic mass is 15.3. The van der Waals surface area contributed by atoms with Crippen molar-refractivity contribution in [1.29, 1.82) is 0 Å². The molecule has 3 rings (SSSR count). The summed E-state index contributed by atoms with van der Waals surface area (Å²) in [4.78, 5) is 5.37. The largest absolute Gasteiger partial charge is 0.298 e. The molecule has 0 spiro atoms. The van der Waals surface area contributed by atoms with Crippen molar-refractivity contribution in [3.63, 3.8) is 0 Å².